The summed E-state index contributed by atoms with van der Waals surface area (Å²) in [4.78, 5) is 16.7. The normalized spacial score (nSPS) is 26.8. The first kappa shape index (κ1) is 19.6. The lowest BCUT2D eigenvalue weighted by molar-refractivity contribution is -0.155. The number of aromatic nitrogens is 2. The van der Waals surface area contributed by atoms with Gasteiger partial charge >= 0.3 is 0 Å². The molecule has 0 spiro atoms. The molecule has 3 heterocycles. The second kappa shape index (κ2) is 7.84. The summed E-state index contributed by atoms with van der Waals surface area (Å²) < 4.78 is 10.7. The van der Waals surface area contributed by atoms with Crippen LogP contribution in [0.3, 0.4) is 0 Å². The van der Waals surface area contributed by atoms with Crippen molar-refractivity contribution in [3.8, 4) is 0 Å². The Morgan fingerprint density at radius 1 is 1.27 bits per heavy atom. The van der Waals surface area contributed by atoms with Crippen LogP contribution in [0.5, 0.6) is 0 Å². The van der Waals surface area contributed by atoms with Gasteiger partial charge in [-0.15, -0.1) is 10.2 Å². The van der Waals surface area contributed by atoms with E-state index in [1.807, 2.05) is 18.7 Å². The highest BCUT2D eigenvalue weighted by atomic mass is 32.2. The van der Waals surface area contributed by atoms with Crippen LogP contribution in [0.1, 0.15) is 26.2 Å². The number of β-amino-alcohol motifs (C(OH)–C–C–N with tert-alkyl or cyclic N) is 1. The van der Waals surface area contributed by atoms with Crippen molar-refractivity contribution in [2.45, 2.75) is 38.0 Å². The van der Waals surface area contributed by atoms with E-state index in [1.54, 1.807) is 6.92 Å². The number of hydrogen-bond donors (Lipinski definition) is 1. The minimum Gasteiger partial charge on any atom is -0.416 e. The topological polar surface area (TPSA) is 91.9 Å². The lowest BCUT2D eigenvalue weighted by Crippen LogP contribution is -2.63. The number of aliphatic hydroxyl groups is 1. The Kier molecular flexibility index (Phi) is 5.91. The quantitative estimate of drug-likeness (QED) is 0.745. The Bertz CT molecular complexity index is 632. The zero-order valence-electron chi connectivity index (χ0n) is 15.7. The summed E-state index contributed by atoms with van der Waals surface area (Å²) in [6, 6.07) is 0. The highest BCUT2D eigenvalue weighted by Gasteiger charge is 2.49. The third-order valence-electron chi connectivity index (χ3n) is 5.41. The Balaban J connectivity index is 1.55. The van der Waals surface area contributed by atoms with E-state index in [0.717, 1.165) is 13.1 Å². The summed E-state index contributed by atoms with van der Waals surface area (Å²) in [5.74, 6) is 0.791. The van der Waals surface area contributed by atoms with E-state index in [4.69, 9.17) is 9.15 Å². The minimum absolute atomic E-state index is 0.0346. The molecule has 2 aliphatic rings. The average Bonchev–Trinajstić information content (AvgIpc) is 3.01. The second-order valence-corrected chi connectivity index (χ2v) is 8.67. The van der Waals surface area contributed by atoms with Crippen LogP contribution in [0.15, 0.2) is 9.64 Å². The van der Waals surface area contributed by atoms with Gasteiger partial charge in [-0.25, -0.2) is 0 Å². The fraction of sp³-hybridized carbons (Fsp3) is 0.824. The molecule has 2 fully saturated rings. The highest BCUT2D eigenvalue weighted by Crippen LogP contribution is 2.39. The molecule has 1 amide bonds. The van der Waals surface area contributed by atoms with Gasteiger partial charge in [-0.2, -0.15) is 0 Å². The zero-order chi connectivity index (χ0) is 18.8. The number of carbonyl (C=O) groups is 1. The standard InChI is InChI=1S/C17H28N4O4S/c1-13-18-19-15(25-13)26-10-14(22)21-5-4-17(23,16(2,3)11-21)12-20-6-8-24-9-7-20/h23H,4-12H2,1-3H3. The minimum atomic E-state index is -0.808. The second-order valence-electron chi connectivity index (χ2n) is 7.74. The van der Waals surface area contributed by atoms with Crippen molar-refractivity contribution in [2.24, 2.45) is 5.41 Å². The van der Waals surface area contributed by atoms with Crippen LogP contribution in [0.4, 0.5) is 0 Å². The van der Waals surface area contributed by atoms with Crippen molar-refractivity contribution < 1.29 is 19.1 Å². The number of morpholine rings is 1. The summed E-state index contributed by atoms with van der Waals surface area (Å²) in [6.07, 6.45) is 0.577. The average molecular weight is 385 g/mol. The van der Waals surface area contributed by atoms with E-state index < -0.39 is 5.60 Å². The van der Waals surface area contributed by atoms with Crippen LogP contribution in [0.25, 0.3) is 0 Å². The van der Waals surface area contributed by atoms with Gasteiger partial charge in [0.25, 0.3) is 5.22 Å². The predicted molar refractivity (Wildman–Crippen MR) is 96.9 cm³/mol. The van der Waals surface area contributed by atoms with Crippen molar-refractivity contribution in [3.63, 3.8) is 0 Å². The number of nitrogens with zero attached hydrogens (tertiary/aromatic N) is 4. The van der Waals surface area contributed by atoms with Crippen molar-refractivity contribution in [3.05, 3.63) is 5.89 Å². The van der Waals surface area contributed by atoms with Gasteiger partial charge in [-0.1, -0.05) is 25.6 Å². The first-order valence-corrected chi connectivity index (χ1v) is 10.0. The number of ether oxygens (including phenoxy) is 1. The Morgan fingerprint density at radius 3 is 2.62 bits per heavy atom. The van der Waals surface area contributed by atoms with Gasteiger partial charge in [0.2, 0.25) is 11.8 Å². The molecule has 1 aromatic rings. The molecule has 3 rings (SSSR count). The molecule has 1 unspecified atom stereocenters. The summed E-state index contributed by atoms with van der Waals surface area (Å²) in [6.45, 7) is 10.7. The van der Waals surface area contributed by atoms with Crippen molar-refractivity contribution in [1.82, 2.24) is 20.0 Å². The van der Waals surface area contributed by atoms with E-state index in [0.29, 0.717) is 50.4 Å². The molecule has 1 atom stereocenters. The first-order chi connectivity index (χ1) is 12.3. The molecule has 0 aromatic carbocycles. The van der Waals surface area contributed by atoms with Crippen LogP contribution >= 0.6 is 11.8 Å². The van der Waals surface area contributed by atoms with Crippen LogP contribution in [0, 0.1) is 12.3 Å². The van der Waals surface area contributed by atoms with Crippen molar-refractivity contribution in [2.75, 3.05) is 51.7 Å². The van der Waals surface area contributed by atoms with Gasteiger partial charge in [0.15, 0.2) is 0 Å². The molecule has 8 nitrogen and oxygen atoms in total. The predicted octanol–water partition coefficient (Wildman–Crippen LogP) is 0.792. The number of aryl methyl sites for hydroxylation is 1. The van der Waals surface area contributed by atoms with E-state index in [-0.39, 0.29) is 17.1 Å². The molecule has 0 bridgehead atoms. The monoisotopic (exact) mass is 384 g/mol. The smallest absolute Gasteiger partial charge is 0.277 e. The molecule has 2 saturated heterocycles. The lowest BCUT2D eigenvalue weighted by Gasteiger charge is -2.52. The van der Waals surface area contributed by atoms with Gasteiger partial charge < -0.3 is 19.2 Å². The number of piperidine rings is 1. The van der Waals surface area contributed by atoms with Crippen molar-refractivity contribution in [1.29, 1.82) is 0 Å². The fourth-order valence-corrected chi connectivity index (χ4v) is 4.26. The maximum absolute atomic E-state index is 12.6. The highest BCUT2D eigenvalue weighted by molar-refractivity contribution is 7.99. The van der Waals surface area contributed by atoms with E-state index in [2.05, 4.69) is 15.1 Å². The van der Waals surface area contributed by atoms with Gasteiger partial charge in [0, 0.05) is 45.1 Å². The number of thioether (sulfide) groups is 1. The Labute approximate surface area is 158 Å². The van der Waals surface area contributed by atoms with E-state index >= 15 is 0 Å². The largest absolute Gasteiger partial charge is 0.416 e. The van der Waals surface area contributed by atoms with Crippen LogP contribution < -0.4 is 0 Å². The number of likely N-dealkylation sites (tertiary alicyclic amines) is 1. The number of rotatable bonds is 5. The summed E-state index contributed by atoms with van der Waals surface area (Å²) in [5, 5.41) is 19.4. The van der Waals surface area contributed by atoms with Gasteiger partial charge in [0.05, 0.1) is 24.6 Å². The third-order valence-corrected chi connectivity index (χ3v) is 6.21. The zero-order valence-corrected chi connectivity index (χ0v) is 16.5. The van der Waals surface area contributed by atoms with E-state index in [9.17, 15) is 9.90 Å². The van der Waals surface area contributed by atoms with Crippen molar-refractivity contribution >= 4 is 17.7 Å². The molecule has 2 aliphatic heterocycles. The third kappa shape index (κ3) is 4.39. The summed E-state index contributed by atoms with van der Waals surface area (Å²) >= 11 is 1.26. The molecule has 0 radical (unpaired) electrons. The van der Waals surface area contributed by atoms with Crippen LogP contribution in [-0.4, -0.2) is 88.3 Å². The molecule has 9 heteroatoms. The van der Waals surface area contributed by atoms with Crippen LogP contribution in [-0.2, 0) is 9.53 Å². The maximum Gasteiger partial charge on any atom is 0.277 e. The lowest BCUT2D eigenvalue weighted by atomic mass is 9.69. The summed E-state index contributed by atoms with van der Waals surface area (Å²) in [7, 11) is 0. The molecule has 0 saturated carbocycles. The molecule has 26 heavy (non-hydrogen) atoms. The number of carbonyl (C=O) groups excluding carboxylic acids is 1. The van der Waals surface area contributed by atoms with Gasteiger partial charge in [-0.05, 0) is 6.42 Å². The fourth-order valence-electron chi connectivity index (χ4n) is 3.55. The molecule has 1 N–H and O–H groups in total. The molecular formula is C17H28N4O4S. The maximum atomic E-state index is 12.6. The molecule has 146 valence electrons. The molecule has 1 aromatic heterocycles. The van der Waals surface area contributed by atoms with Crippen LogP contribution in [0.2, 0.25) is 0 Å². The first-order valence-electron chi connectivity index (χ1n) is 9.02. The van der Waals surface area contributed by atoms with Gasteiger partial charge in [0.1, 0.15) is 0 Å². The summed E-state index contributed by atoms with van der Waals surface area (Å²) in [5.41, 5.74) is -1.19. The van der Waals surface area contributed by atoms with Gasteiger partial charge in [-0.3, -0.25) is 9.69 Å². The number of hydrogen-bond acceptors (Lipinski definition) is 8. The Hall–Kier alpha value is -1.16. The SMILES string of the molecule is Cc1nnc(SCC(=O)N2CCC(O)(CN3CCOCC3)C(C)(C)C2)o1. The Morgan fingerprint density at radius 2 is 2.00 bits per heavy atom. The number of amides is 1. The van der Waals surface area contributed by atoms with E-state index in [1.165, 1.54) is 11.8 Å². The molecular weight excluding hydrogens is 356 g/mol. The molecule has 0 aliphatic carbocycles.